The highest BCUT2D eigenvalue weighted by Gasteiger charge is 2.12. The molecule has 2 aromatic rings. The van der Waals surface area contributed by atoms with Crippen LogP contribution in [0.15, 0.2) is 48.5 Å². The van der Waals surface area contributed by atoms with Crippen molar-refractivity contribution < 1.29 is 14.3 Å². The molecule has 0 atom stereocenters. The first-order valence-corrected chi connectivity index (χ1v) is 6.13. The van der Waals surface area contributed by atoms with Gasteiger partial charge in [-0.3, -0.25) is 0 Å². The van der Waals surface area contributed by atoms with E-state index in [4.69, 9.17) is 21.1 Å². The van der Waals surface area contributed by atoms with E-state index in [0.717, 1.165) is 5.56 Å². The van der Waals surface area contributed by atoms with Crippen molar-refractivity contribution in [2.75, 3.05) is 7.11 Å². The Kier molecular flexibility index (Phi) is 4.42. The van der Waals surface area contributed by atoms with Gasteiger partial charge in [-0.2, -0.15) is 0 Å². The number of hydrogen-bond acceptors (Lipinski definition) is 3. The third kappa shape index (κ3) is 3.48. The summed E-state index contributed by atoms with van der Waals surface area (Å²) in [6, 6.07) is 14.1. The lowest BCUT2D eigenvalue weighted by Crippen LogP contribution is -2.07. The van der Waals surface area contributed by atoms with Crippen molar-refractivity contribution in [2.24, 2.45) is 0 Å². The van der Waals surface area contributed by atoms with Gasteiger partial charge in [0.2, 0.25) is 0 Å². The molecule has 0 bridgehead atoms. The summed E-state index contributed by atoms with van der Waals surface area (Å²) in [7, 11) is 1.52. The molecule has 0 saturated carbocycles. The maximum Gasteiger partial charge on any atom is 0.342 e. The number of rotatable bonds is 4. The highest BCUT2D eigenvalue weighted by Crippen LogP contribution is 2.19. The molecule has 0 fully saturated rings. The quantitative estimate of drug-likeness (QED) is 0.799. The lowest BCUT2D eigenvalue weighted by atomic mass is 10.2. The van der Waals surface area contributed by atoms with E-state index < -0.39 is 5.97 Å². The molecule has 2 aromatic carbocycles. The van der Waals surface area contributed by atoms with Crippen LogP contribution < -0.4 is 4.74 Å². The topological polar surface area (TPSA) is 35.5 Å². The molecule has 0 amide bonds. The number of carbonyl (C=O) groups excluding carboxylic acids is 1. The number of hydrogen-bond donors (Lipinski definition) is 0. The zero-order valence-electron chi connectivity index (χ0n) is 10.4. The van der Waals surface area contributed by atoms with Crippen LogP contribution in [0.5, 0.6) is 5.75 Å². The summed E-state index contributed by atoms with van der Waals surface area (Å²) in [5.41, 5.74) is 1.30. The van der Waals surface area contributed by atoms with Crippen LogP contribution in [-0.4, -0.2) is 13.1 Å². The number of carbonyl (C=O) groups is 1. The molecule has 0 spiro atoms. The second-order valence-corrected chi connectivity index (χ2v) is 4.34. The van der Waals surface area contributed by atoms with Crippen molar-refractivity contribution in [1.29, 1.82) is 0 Å². The third-order valence-electron chi connectivity index (χ3n) is 2.61. The Morgan fingerprint density at radius 3 is 2.47 bits per heavy atom. The molecule has 0 aliphatic carbocycles. The average molecular weight is 277 g/mol. The Bertz CT molecular complexity index is 564. The first kappa shape index (κ1) is 13.4. The van der Waals surface area contributed by atoms with Gasteiger partial charge in [0.1, 0.15) is 17.9 Å². The molecule has 3 nitrogen and oxygen atoms in total. The van der Waals surface area contributed by atoms with E-state index in [1.807, 2.05) is 12.1 Å². The molecular formula is C15H13ClO3. The van der Waals surface area contributed by atoms with Crippen LogP contribution in [0, 0.1) is 0 Å². The van der Waals surface area contributed by atoms with Crippen LogP contribution in [0.3, 0.4) is 0 Å². The number of halogens is 1. The van der Waals surface area contributed by atoms with Gasteiger partial charge in [0.15, 0.2) is 0 Å². The van der Waals surface area contributed by atoms with Crippen LogP contribution in [0.2, 0.25) is 5.02 Å². The SMILES string of the molecule is COc1ccccc1C(=O)OCc1ccc(Cl)cc1. The minimum absolute atomic E-state index is 0.202. The number of ether oxygens (including phenoxy) is 2. The predicted octanol–water partition coefficient (Wildman–Crippen LogP) is 3.71. The Morgan fingerprint density at radius 2 is 1.79 bits per heavy atom. The standard InChI is InChI=1S/C15H13ClO3/c1-18-14-5-3-2-4-13(14)15(17)19-10-11-6-8-12(16)9-7-11/h2-9H,10H2,1H3. The van der Waals surface area contributed by atoms with E-state index in [1.165, 1.54) is 7.11 Å². The zero-order valence-corrected chi connectivity index (χ0v) is 11.2. The third-order valence-corrected chi connectivity index (χ3v) is 2.86. The molecule has 98 valence electrons. The maximum atomic E-state index is 11.9. The normalized spacial score (nSPS) is 10.0. The minimum Gasteiger partial charge on any atom is -0.496 e. The number of methoxy groups -OCH3 is 1. The monoisotopic (exact) mass is 276 g/mol. The van der Waals surface area contributed by atoms with E-state index >= 15 is 0 Å². The van der Waals surface area contributed by atoms with Crippen molar-refractivity contribution in [3.05, 3.63) is 64.7 Å². The smallest absolute Gasteiger partial charge is 0.342 e. The van der Waals surface area contributed by atoms with Gasteiger partial charge in [0, 0.05) is 5.02 Å². The van der Waals surface area contributed by atoms with Crippen molar-refractivity contribution >= 4 is 17.6 Å². The molecule has 0 N–H and O–H groups in total. The fourth-order valence-electron chi connectivity index (χ4n) is 1.62. The molecule has 0 saturated heterocycles. The summed E-state index contributed by atoms with van der Waals surface area (Å²) in [5.74, 6) is 0.0935. The molecule has 0 radical (unpaired) electrons. The van der Waals surface area contributed by atoms with E-state index in [2.05, 4.69) is 0 Å². The first-order chi connectivity index (χ1) is 9.20. The van der Waals surface area contributed by atoms with Gasteiger partial charge in [-0.05, 0) is 29.8 Å². The number of para-hydroxylation sites is 1. The Hall–Kier alpha value is -2.00. The molecule has 0 aliphatic heterocycles. The largest absolute Gasteiger partial charge is 0.496 e. The van der Waals surface area contributed by atoms with Gasteiger partial charge >= 0.3 is 5.97 Å². The Labute approximate surface area is 116 Å². The predicted molar refractivity (Wildman–Crippen MR) is 73.6 cm³/mol. The second kappa shape index (κ2) is 6.25. The zero-order chi connectivity index (χ0) is 13.7. The van der Waals surface area contributed by atoms with Gasteiger partial charge < -0.3 is 9.47 Å². The van der Waals surface area contributed by atoms with Crippen LogP contribution in [0.1, 0.15) is 15.9 Å². The Morgan fingerprint density at radius 1 is 1.11 bits per heavy atom. The van der Waals surface area contributed by atoms with Crippen LogP contribution in [0.25, 0.3) is 0 Å². The van der Waals surface area contributed by atoms with Gasteiger partial charge in [-0.15, -0.1) is 0 Å². The average Bonchev–Trinajstić information content (AvgIpc) is 2.46. The number of benzene rings is 2. The molecular weight excluding hydrogens is 264 g/mol. The second-order valence-electron chi connectivity index (χ2n) is 3.90. The van der Waals surface area contributed by atoms with E-state index in [-0.39, 0.29) is 6.61 Å². The lowest BCUT2D eigenvalue weighted by molar-refractivity contribution is 0.0469. The van der Waals surface area contributed by atoms with Gasteiger partial charge in [0.25, 0.3) is 0 Å². The van der Waals surface area contributed by atoms with Crippen LogP contribution >= 0.6 is 11.6 Å². The fourth-order valence-corrected chi connectivity index (χ4v) is 1.75. The van der Waals surface area contributed by atoms with Crippen LogP contribution in [0.4, 0.5) is 0 Å². The summed E-state index contributed by atoms with van der Waals surface area (Å²) in [5, 5.41) is 0.653. The summed E-state index contributed by atoms with van der Waals surface area (Å²) in [6.07, 6.45) is 0. The van der Waals surface area contributed by atoms with E-state index in [1.54, 1.807) is 36.4 Å². The van der Waals surface area contributed by atoms with Crippen molar-refractivity contribution in [3.8, 4) is 5.75 Å². The van der Waals surface area contributed by atoms with Gasteiger partial charge in [-0.1, -0.05) is 35.9 Å². The molecule has 0 aromatic heterocycles. The molecule has 0 unspecified atom stereocenters. The van der Waals surface area contributed by atoms with Crippen molar-refractivity contribution in [3.63, 3.8) is 0 Å². The molecule has 2 rings (SSSR count). The number of esters is 1. The van der Waals surface area contributed by atoms with Crippen molar-refractivity contribution in [2.45, 2.75) is 6.61 Å². The Balaban J connectivity index is 2.03. The summed E-state index contributed by atoms with van der Waals surface area (Å²) in [6.45, 7) is 0.202. The van der Waals surface area contributed by atoms with E-state index in [9.17, 15) is 4.79 Å². The molecule has 0 heterocycles. The van der Waals surface area contributed by atoms with Gasteiger partial charge in [0.05, 0.1) is 7.11 Å². The summed E-state index contributed by atoms with van der Waals surface area (Å²) < 4.78 is 10.4. The lowest BCUT2D eigenvalue weighted by Gasteiger charge is -2.08. The highest BCUT2D eigenvalue weighted by atomic mass is 35.5. The molecule has 4 heteroatoms. The van der Waals surface area contributed by atoms with Crippen molar-refractivity contribution in [1.82, 2.24) is 0 Å². The highest BCUT2D eigenvalue weighted by molar-refractivity contribution is 6.30. The minimum atomic E-state index is -0.410. The molecule has 0 aliphatic rings. The van der Waals surface area contributed by atoms with Gasteiger partial charge in [-0.25, -0.2) is 4.79 Å². The van der Waals surface area contributed by atoms with Crippen LogP contribution in [-0.2, 0) is 11.3 Å². The fraction of sp³-hybridized carbons (Fsp3) is 0.133. The summed E-state index contributed by atoms with van der Waals surface area (Å²) >= 11 is 5.79. The maximum absolute atomic E-state index is 11.9. The molecule has 19 heavy (non-hydrogen) atoms. The first-order valence-electron chi connectivity index (χ1n) is 5.75. The van der Waals surface area contributed by atoms with E-state index in [0.29, 0.717) is 16.3 Å². The summed E-state index contributed by atoms with van der Waals surface area (Å²) in [4.78, 5) is 11.9.